The van der Waals surface area contributed by atoms with E-state index in [1.54, 1.807) is 12.1 Å². The van der Waals surface area contributed by atoms with Crippen molar-refractivity contribution in [3.8, 4) is 0 Å². The molecule has 1 fully saturated rings. The van der Waals surface area contributed by atoms with E-state index < -0.39 is 15.4 Å². The molecule has 0 radical (unpaired) electrons. The van der Waals surface area contributed by atoms with E-state index in [-0.39, 0.29) is 18.2 Å². The quantitative estimate of drug-likeness (QED) is 0.919. The molecule has 96 valence electrons. The van der Waals surface area contributed by atoms with Crippen molar-refractivity contribution in [1.82, 2.24) is 0 Å². The summed E-state index contributed by atoms with van der Waals surface area (Å²) in [5, 5.41) is 0. The highest BCUT2D eigenvalue weighted by molar-refractivity contribution is 7.91. The van der Waals surface area contributed by atoms with Crippen LogP contribution in [0.25, 0.3) is 0 Å². The van der Waals surface area contributed by atoms with Gasteiger partial charge in [-0.05, 0) is 38.3 Å². The molecule has 0 bridgehead atoms. The van der Waals surface area contributed by atoms with Crippen LogP contribution in [0.4, 0.5) is 0 Å². The second-order valence-electron chi connectivity index (χ2n) is 4.79. The lowest BCUT2D eigenvalue weighted by Gasteiger charge is -2.37. The van der Waals surface area contributed by atoms with Gasteiger partial charge in [-0.2, -0.15) is 0 Å². The van der Waals surface area contributed by atoms with Gasteiger partial charge < -0.3 is 5.73 Å². The summed E-state index contributed by atoms with van der Waals surface area (Å²) in [6.07, 6.45) is 2.68. The molecule has 0 aromatic heterocycles. The van der Waals surface area contributed by atoms with Gasteiger partial charge >= 0.3 is 0 Å². The first-order valence-corrected chi connectivity index (χ1v) is 7.15. The molecule has 0 spiro atoms. The molecule has 2 rings (SSSR count). The minimum absolute atomic E-state index is 0. The lowest BCUT2D eigenvalue weighted by atomic mass is 9.79. The Morgan fingerprint density at radius 1 is 1.24 bits per heavy atom. The number of nitrogens with two attached hydrogens (primary N) is 1. The van der Waals surface area contributed by atoms with E-state index in [1.165, 1.54) is 0 Å². The molecule has 1 aliphatic rings. The van der Waals surface area contributed by atoms with Crippen LogP contribution < -0.4 is 5.73 Å². The highest BCUT2D eigenvalue weighted by atomic mass is 35.5. The third-order valence-electron chi connectivity index (χ3n) is 3.21. The van der Waals surface area contributed by atoms with Gasteiger partial charge in [-0.3, -0.25) is 0 Å². The lowest BCUT2D eigenvalue weighted by molar-refractivity contribution is 0.279. The van der Waals surface area contributed by atoms with Gasteiger partial charge in [0.15, 0.2) is 9.84 Å². The van der Waals surface area contributed by atoms with Gasteiger partial charge in [0.05, 0.1) is 10.6 Å². The molecule has 0 unspecified atom stereocenters. The van der Waals surface area contributed by atoms with Gasteiger partial charge in [-0.1, -0.05) is 17.7 Å². The van der Waals surface area contributed by atoms with Crippen molar-refractivity contribution in [3.05, 3.63) is 29.8 Å². The molecule has 2 N–H and O–H groups in total. The maximum absolute atomic E-state index is 12.1. The maximum atomic E-state index is 12.1. The van der Waals surface area contributed by atoms with Gasteiger partial charge in [0.1, 0.15) is 0 Å². The van der Waals surface area contributed by atoms with E-state index in [0.717, 1.165) is 24.8 Å². The van der Waals surface area contributed by atoms with Crippen LogP contribution in [-0.2, 0) is 9.84 Å². The van der Waals surface area contributed by atoms with Crippen molar-refractivity contribution in [2.75, 3.05) is 5.75 Å². The van der Waals surface area contributed by atoms with Gasteiger partial charge in [-0.15, -0.1) is 12.4 Å². The van der Waals surface area contributed by atoms with E-state index in [1.807, 2.05) is 19.1 Å². The standard InChI is InChI=1S/C12H17NO2S.ClH/c1-10-3-5-11(6-4-10)16(14,15)9-12(13)7-2-8-12;/h3-6H,2,7-9,13H2,1H3;1H. The molecular formula is C12H18ClNO2S. The Kier molecular flexibility index (Phi) is 4.23. The molecule has 5 heteroatoms. The second kappa shape index (κ2) is 4.96. The Labute approximate surface area is 109 Å². The predicted molar refractivity (Wildman–Crippen MR) is 71.2 cm³/mol. The molecular weight excluding hydrogens is 258 g/mol. The Balaban J connectivity index is 0.00000144. The van der Waals surface area contributed by atoms with E-state index in [9.17, 15) is 8.42 Å². The third-order valence-corrected chi connectivity index (χ3v) is 5.15. The number of aryl methyl sites for hydroxylation is 1. The number of benzene rings is 1. The van der Waals surface area contributed by atoms with E-state index in [2.05, 4.69) is 0 Å². The zero-order valence-electron chi connectivity index (χ0n) is 9.85. The van der Waals surface area contributed by atoms with Crippen molar-refractivity contribution >= 4 is 22.2 Å². The van der Waals surface area contributed by atoms with Crippen molar-refractivity contribution in [1.29, 1.82) is 0 Å². The monoisotopic (exact) mass is 275 g/mol. The molecule has 1 aromatic carbocycles. The van der Waals surface area contributed by atoms with Gasteiger partial charge in [0.25, 0.3) is 0 Å². The third kappa shape index (κ3) is 3.21. The predicted octanol–water partition coefficient (Wildman–Crippen LogP) is 2.07. The Hall–Kier alpha value is -0.580. The number of rotatable bonds is 3. The summed E-state index contributed by atoms with van der Waals surface area (Å²) in [6, 6.07) is 6.95. The normalized spacial score (nSPS) is 18.0. The average molecular weight is 276 g/mol. The molecule has 17 heavy (non-hydrogen) atoms. The SMILES string of the molecule is Cc1ccc(S(=O)(=O)CC2(N)CCC2)cc1.Cl. The van der Waals surface area contributed by atoms with Crippen LogP contribution in [-0.4, -0.2) is 19.7 Å². The summed E-state index contributed by atoms with van der Waals surface area (Å²) in [5.41, 5.74) is 6.55. The first kappa shape index (κ1) is 14.5. The van der Waals surface area contributed by atoms with Crippen LogP contribution >= 0.6 is 12.4 Å². The summed E-state index contributed by atoms with van der Waals surface area (Å²) in [5.74, 6) is 0.0725. The number of hydrogen-bond acceptors (Lipinski definition) is 3. The molecule has 0 saturated heterocycles. The zero-order valence-corrected chi connectivity index (χ0v) is 11.5. The number of sulfone groups is 1. The summed E-state index contributed by atoms with van der Waals surface area (Å²) < 4.78 is 24.1. The van der Waals surface area contributed by atoms with Crippen molar-refractivity contribution in [3.63, 3.8) is 0 Å². The summed E-state index contributed by atoms with van der Waals surface area (Å²) in [4.78, 5) is 0.384. The van der Waals surface area contributed by atoms with Crippen molar-refractivity contribution in [2.45, 2.75) is 36.6 Å². The van der Waals surface area contributed by atoms with Gasteiger partial charge in [0, 0.05) is 5.54 Å². The van der Waals surface area contributed by atoms with E-state index >= 15 is 0 Å². The molecule has 1 aromatic rings. The molecule has 1 saturated carbocycles. The van der Waals surface area contributed by atoms with Crippen LogP contribution in [0.5, 0.6) is 0 Å². The van der Waals surface area contributed by atoms with E-state index in [4.69, 9.17) is 5.73 Å². The zero-order chi connectivity index (χ0) is 11.8. The van der Waals surface area contributed by atoms with Gasteiger partial charge in [-0.25, -0.2) is 8.42 Å². The number of halogens is 1. The molecule has 0 atom stereocenters. The minimum atomic E-state index is -3.22. The Morgan fingerprint density at radius 2 is 1.76 bits per heavy atom. The Bertz CT molecular complexity index is 478. The van der Waals surface area contributed by atoms with Crippen molar-refractivity contribution in [2.24, 2.45) is 5.73 Å². The van der Waals surface area contributed by atoms with Crippen LogP contribution in [0, 0.1) is 6.92 Å². The second-order valence-corrected chi connectivity index (χ2v) is 6.78. The number of hydrogen-bond donors (Lipinski definition) is 1. The van der Waals surface area contributed by atoms with Crippen LogP contribution in [0.15, 0.2) is 29.2 Å². The average Bonchev–Trinajstić information content (AvgIpc) is 2.15. The summed E-state index contributed by atoms with van der Waals surface area (Å²) in [7, 11) is -3.22. The maximum Gasteiger partial charge on any atom is 0.180 e. The van der Waals surface area contributed by atoms with Gasteiger partial charge in [0.2, 0.25) is 0 Å². The van der Waals surface area contributed by atoms with Crippen LogP contribution in [0.3, 0.4) is 0 Å². The summed E-state index contributed by atoms with van der Waals surface area (Å²) in [6.45, 7) is 1.94. The Morgan fingerprint density at radius 3 is 2.18 bits per heavy atom. The molecule has 3 nitrogen and oxygen atoms in total. The topological polar surface area (TPSA) is 60.2 Å². The van der Waals surface area contributed by atoms with Crippen LogP contribution in [0.1, 0.15) is 24.8 Å². The fourth-order valence-electron chi connectivity index (χ4n) is 1.98. The summed E-state index contributed by atoms with van der Waals surface area (Å²) >= 11 is 0. The molecule has 1 aliphatic carbocycles. The minimum Gasteiger partial charge on any atom is -0.324 e. The largest absolute Gasteiger partial charge is 0.324 e. The van der Waals surface area contributed by atoms with Crippen molar-refractivity contribution < 1.29 is 8.42 Å². The molecule has 0 aliphatic heterocycles. The highest BCUT2D eigenvalue weighted by Gasteiger charge is 2.37. The molecule has 0 amide bonds. The first-order chi connectivity index (χ1) is 7.41. The smallest absolute Gasteiger partial charge is 0.180 e. The first-order valence-electron chi connectivity index (χ1n) is 5.50. The lowest BCUT2D eigenvalue weighted by Crippen LogP contribution is -2.51. The fourth-order valence-corrected chi connectivity index (χ4v) is 3.75. The van der Waals surface area contributed by atoms with Crippen LogP contribution in [0.2, 0.25) is 0 Å². The van der Waals surface area contributed by atoms with E-state index in [0.29, 0.717) is 4.90 Å². The fraction of sp³-hybridized carbons (Fsp3) is 0.500. The highest BCUT2D eigenvalue weighted by Crippen LogP contribution is 2.32. The molecule has 0 heterocycles.